The summed E-state index contributed by atoms with van der Waals surface area (Å²) in [5.74, 6) is -0.253. The Morgan fingerprint density at radius 2 is 2.47 bits per heavy atom. The van der Waals surface area contributed by atoms with Crippen LogP contribution >= 0.6 is 0 Å². The molecule has 1 aromatic carbocycles. The second kappa shape index (κ2) is 6.12. The Kier molecular flexibility index (Phi) is 4.51. The van der Waals surface area contributed by atoms with Crippen LogP contribution in [0.25, 0.3) is 0 Å². The van der Waals surface area contributed by atoms with Crippen LogP contribution in [0.15, 0.2) is 23.3 Å². The maximum Gasteiger partial charge on any atom is 0.254 e. The third kappa shape index (κ3) is 3.50. The first kappa shape index (κ1) is 12.5. The molecule has 17 heavy (non-hydrogen) atoms. The maximum atomic E-state index is 10.9. The fourth-order valence-electron chi connectivity index (χ4n) is 1.09. The molecule has 0 heterocycles. The van der Waals surface area contributed by atoms with Crippen molar-refractivity contribution in [1.29, 1.82) is 5.26 Å². The van der Waals surface area contributed by atoms with Gasteiger partial charge in [0.25, 0.3) is 5.91 Å². The fourth-order valence-corrected chi connectivity index (χ4v) is 1.09. The van der Waals surface area contributed by atoms with E-state index in [4.69, 9.17) is 10.00 Å². The maximum absolute atomic E-state index is 10.9. The van der Waals surface area contributed by atoms with Gasteiger partial charge >= 0.3 is 0 Å². The summed E-state index contributed by atoms with van der Waals surface area (Å²) < 4.78 is 4.91. The summed E-state index contributed by atoms with van der Waals surface area (Å²) >= 11 is 0. The molecule has 0 atom stereocenters. The molecule has 0 spiro atoms. The number of phenolic OH excluding ortho intramolecular Hbond substituents is 1. The number of benzene rings is 1. The number of rotatable bonds is 4. The number of aromatic hydroxyl groups is 1. The molecule has 0 aliphatic rings. The number of methoxy groups -OCH3 is 1. The van der Waals surface area contributed by atoms with Crippen LogP contribution in [0.3, 0.4) is 0 Å². The normalized spacial score (nSPS) is 9.88. The molecular weight excluding hydrogens is 222 g/mol. The van der Waals surface area contributed by atoms with Crippen molar-refractivity contribution in [3.05, 3.63) is 23.8 Å². The molecule has 0 fully saturated rings. The van der Waals surface area contributed by atoms with Gasteiger partial charge in [0.2, 0.25) is 0 Å². The molecule has 1 rings (SSSR count). The number of nitriles is 1. The van der Waals surface area contributed by atoms with Crippen LogP contribution in [-0.4, -0.2) is 24.3 Å². The molecule has 0 unspecified atom stereocenters. The number of ether oxygens (including phenoxy) is 1. The standard InChI is InChI=1S/C11H11N3O3/c1-17-9-4-2-3-8(11(9)16)7-13-14-10(15)5-6-12/h2-4,7,16H,5H2,1H3,(H,14,15)/b13-7+. The molecule has 0 radical (unpaired) electrons. The van der Waals surface area contributed by atoms with Crippen LogP contribution in [0.2, 0.25) is 0 Å². The van der Waals surface area contributed by atoms with E-state index in [2.05, 4.69) is 10.5 Å². The van der Waals surface area contributed by atoms with Gasteiger partial charge in [-0.15, -0.1) is 0 Å². The number of carbonyl (C=O) groups is 1. The van der Waals surface area contributed by atoms with Gasteiger partial charge in [-0.05, 0) is 12.1 Å². The van der Waals surface area contributed by atoms with Gasteiger partial charge in [-0.25, -0.2) is 5.43 Å². The summed E-state index contributed by atoms with van der Waals surface area (Å²) in [7, 11) is 1.44. The number of hydrogen-bond donors (Lipinski definition) is 2. The van der Waals surface area contributed by atoms with Crippen molar-refractivity contribution < 1.29 is 14.6 Å². The molecule has 88 valence electrons. The molecule has 6 heteroatoms. The minimum atomic E-state index is -0.508. The summed E-state index contributed by atoms with van der Waals surface area (Å²) in [6.45, 7) is 0. The summed E-state index contributed by atoms with van der Waals surface area (Å²) in [6.07, 6.45) is 1.01. The third-order valence-electron chi connectivity index (χ3n) is 1.88. The molecular formula is C11H11N3O3. The van der Waals surface area contributed by atoms with Crippen molar-refractivity contribution >= 4 is 12.1 Å². The first-order chi connectivity index (χ1) is 8.19. The lowest BCUT2D eigenvalue weighted by Crippen LogP contribution is -2.16. The second-order valence-corrected chi connectivity index (χ2v) is 3.03. The van der Waals surface area contributed by atoms with Crippen molar-refractivity contribution in [3.8, 4) is 17.6 Å². The zero-order valence-corrected chi connectivity index (χ0v) is 9.17. The first-order valence-corrected chi connectivity index (χ1v) is 4.74. The predicted molar refractivity (Wildman–Crippen MR) is 60.6 cm³/mol. The summed E-state index contributed by atoms with van der Waals surface area (Å²) in [4.78, 5) is 10.9. The van der Waals surface area contributed by atoms with E-state index < -0.39 is 5.91 Å². The summed E-state index contributed by atoms with van der Waals surface area (Å²) in [5, 5.41) is 21.5. The highest BCUT2D eigenvalue weighted by atomic mass is 16.5. The van der Waals surface area contributed by atoms with E-state index in [1.54, 1.807) is 24.3 Å². The van der Waals surface area contributed by atoms with Crippen LogP contribution in [0.4, 0.5) is 0 Å². The van der Waals surface area contributed by atoms with Crippen LogP contribution in [0.1, 0.15) is 12.0 Å². The van der Waals surface area contributed by atoms with Gasteiger partial charge in [0.05, 0.1) is 19.4 Å². The lowest BCUT2D eigenvalue weighted by atomic mass is 10.2. The van der Waals surface area contributed by atoms with Crippen molar-refractivity contribution in [2.45, 2.75) is 6.42 Å². The lowest BCUT2D eigenvalue weighted by Gasteiger charge is -2.04. The molecule has 0 bridgehead atoms. The highest BCUT2D eigenvalue weighted by Gasteiger charge is 2.04. The number of para-hydroxylation sites is 1. The van der Waals surface area contributed by atoms with Gasteiger partial charge in [0.1, 0.15) is 6.42 Å². The topological polar surface area (TPSA) is 94.7 Å². The van der Waals surface area contributed by atoms with Gasteiger partial charge in [-0.1, -0.05) is 6.07 Å². The van der Waals surface area contributed by atoms with E-state index in [9.17, 15) is 9.90 Å². The van der Waals surface area contributed by atoms with E-state index in [0.717, 1.165) is 0 Å². The highest BCUT2D eigenvalue weighted by molar-refractivity contribution is 5.86. The van der Waals surface area contributed by atoms with Crippen LogP contribution in [-0.2, 0) is 4.79 Å². The molecule has 2 N–H and O–H groups in total. The third-order valence-corrected chi connectivity index (χ3v) is 1.88. The Balaban J connectivity index is 2.72. The van der Waals surface area contributed by atoms with Crippen LogP contribution in [0, 0.1) is 11.3 Å². The molecule has 0 aliphatic carbocycles. The molecule has 0 saturated heterocycles. The average Bonchev–Trinajstić information content (AvgIpc) is 2.32. The smallest absolute Gasteiger partial charge is 0.254 e. The number of phenols is 1. The van der Waals surface area contributed by atoms with Crippen molar-refractivity contribution in [1.82, 2.24) is 5.43 Å². The van der Waals surface area contributed by atoms with Gasteiger partial charge in [-0.3, -0.25) is 4.79 Å². The largest absolute Gasteiger partial charge is 0.504 e. The highest BCUT2D eigenvalue weighted by Crippen LogP contribution is 2.27. The molecule has 1 aromatic rings. The zero-order chi connectivity index (χ0) is 12.7. The summed E-state index contributed by atoms with van der Waals surface area (Å²) in [6, 6.07) is 6.58. The average molecular weight is 233 g/mol. The van der Waals surface area contributed by atoms with Crippen LogP contribution in [0.5, 0.6) is 11.5 Å². The van der Waals surface area contributed by atoms with E-state index in [0.29, 0.717) is 11.3 Å². The summed E-state index contributed by atoms with van der Waals surface area (Å²) in [5.41, 5.74) is 2.56. The minimum absolute atomic E-state index is 0.0618. The Hall–Kier alpha value is -2.55. The minimum Gasteiger partial charge on any atom is -0.504 e. The monoisotopic (exact) mass is 233 g/mol. The molecule has 1 amide bonds. The number of carbonyl (C=O) groups excluding carboxylic acids is 1. The molecule has 0 saturated carbocycles. The van der Waals surface area contributed by atoms with Gasteiger partial charge in [0, 0.05) is 5.56 Å². The predicted octanol–water partition coefficient (Wildman–Crippen LogP) is 0.765. The van der Waals surface area contributed by atoms with Gasteiger partial charge in [0.15, 0.2) is 11.5 Å². The van der Waals surface area contributed by atoms with E-state index in [1.807, 2.05) is 0 Å². The number of hydrazone groups is 1. The molecule has 0 aromatic heterocycles. The number of nitrogens with zero attached hydrogens (tertiary/aromatic N) is 2. The quantitative estimate of drug-likeness (QED) is 0.593. The van der Waals surface area contributed by atoms with Crippen molar-refractivity contribution in [2.75, 3.05) is 7.11 Å². The second-order valence-electron chi connectivity index (χ2n) is 3.03. The van der Waals surface area contributed by atoms with E-state index >= 15 is 0 Å². The number of nitrogens with one attached hydrogen (secondary N) is 1. The number of amides is 1. The SMILES string of the molecule is COc1cccc(/C=N/NC(=O)CC#N)c1O. The Bertz CT molecular complexity index is 477. The van der Waals surface area contributed by atoms with Gasteiger partial charge < -0.3 is 9.84 Å². The Labute approximate surface area is 98.1 Å². The fraction of sp³-hybridized carbons (Fsp3) is 0.182. The van der Waals surface area contributed by atoms with Crippen molar-refractivity contribution in [2.24, 2.45) is 5.10 Å². The van der Waals surface area contributed by atoms with Crippen LogP contribution < -0.4 is 10.2 Å². The molecule has 6 nitrogen and oxygen atoms in total. The lowest BCUT2D eigenvalue weighted by molar-refractivity contribution is -0.120. The number of hydrogen-bond acceptors (Lipinski definition) is 5. The zero-order valence-electron chi connectivity index (χ0n) is 9.17. The Morgan fingerprint density at radius 3 is 3.12 bits per heavy atom. The molecule has 0 aliphatic heterocycles. The van der Waals surface area contributed by atoms with E-state index in [1.165, 1.54) is 13.3 Å². The van der Waals surface area contributed by atoms with E-state index in [-0.39, 0.29) is 12.2 Å². The Morgan fingerprint density at radius 1 is 1.71 bits per heavy atom. The van der Waals surface area contributed by atoms with Gasteiger partial charge in [-0.2, -0.15) is 10.4 Å². The first-order valence-electron chi connectivity index (χ1n) is 4.74. The van der Waals surface area contributed by atoms with Crippen molar-refractivity contribution in [3.63, 3.8) is 0 Å².